The number of hydrogen-bond donors (Lipinski definition) is 1. The second kappa shape index (κ2) is 6.35. The zero-order valence-electron chi connectivity index (χ0n) is 13.9. The van der Waals surface area contributed by atoms with Crippen LogP contribution >= 0.6 is 0 Å². The largest absolute Gasteiger partial charge is 0.466 e. The molecule has 1 aliphatic rings. The minimum Gasteiger partial charge on any atom is -0.466 e. The van der Waals surface area contributed by atoms with Crippen LogP contribution in [0.2, 0.25) is 18.1 Å². The Balaban J connectivity index is 3.19. The molecule has 0 aromatic rings. The molecule has 0 bridgehead atoms. The highest BCUT2D eigenvalue weighted by atomic mass is 28.4. The summed E-state index contributed by atoms with van der Waals surface area (Å²) in [5.74, 6) is -1.33. The molecule has 124 valence electrons. The van der Waals surface area contributed by atoms with Crippen molar-refractivity contribution < 1.29 is 28.6 Å². The minimum atomic E-state index is -2.30. The van der Waals surface area contributed by atoms with Crippen molar-refractivity contribution in [3.8, 4) is 0 Å². The first-order chi connectivity index (χ1) is 9.90. The van der Waals surface area contributed by atoms with Gasteiger partial charge in [0.1, 0.15) is 6.10 Å². The summed E-state index contributed by atoms with van der Waals surface area (Å²) in [4.78, 5) is 23.2. The van der Waals surface area contributed by atoms with Gasteiger partial charge >= 0.3 is 11.9 Å². The fourth-order valence-corrected chi connectivity index (χ4v) is 2.90. The van der Waals surface area contributed by atoms with E-state index in [9.17, 15) is 14.7 Å². The Morgan fingerprint density at radius 3 is 2.36 bits per heavy atom. The molecule has 1 rings (SSSR count). The monoisotopic (exact) mass is 328 g/mol. The van der Waals surface area contributed by atoms with Gasteiger partial charge in [-0.25, -0.2) is 9.59 Å². The summed E-state index contributed by atoms with van der Waals surface area (Å²) in [7, 11) is -1.06. The van der Waals surface area contributed by atoms with Gasteiger partial charge in [0.15, 0.2) is 8.32 Å². The maximum atomic E-state index is 11.8. The van der Waals surface area contributed by atoms with Crippen molar-refractivity contribution in [1.82, 2.24) is 0 Å². The van der Waals surface area contributed by atoms with Crippen LogP contribution in [0, 0.1) is 0 Å². The van der Waals surface area contributed by atoms with Gasteiger partial charge in [0.2, 0.25) is 6.29 Å². The summed E-state index contributed by atoms with van der Waals surface area (Å²) in [6.45, 7) is 13.8. The smallest absolute Gasteiger partial charge is 0.336 e. The van der Waals surface area contributed by atoms with Crippen molar-refractivity contribution in [3.63, 3.8) is 0 Å². The third-order valence-electron chi connectivity index (χ3n) is 4.08. The minimum absolute atomic E-state index is 0.0240. The molecule has 0 aromatic heterocycles. The normalized spacial score (nSPS) is 20.2. The van der Waals surface area contributed by atoms with Gasteiger partial charge in [-0.2, -0.15) is 0 Å². The summed E-state index contributed by atoms with van der Waals surface area (Å²) in [5.41, 5.74) is 0.196. The van der Waals surface area contributed by atoms with Crippen molar-refractivity contribution in [1.29, 1.82) is 0 Å². The van der Waals surface area contributed by atoms with E-state index < -0.39 is 32.6 Å². The van der Waals surface area contributed by atoms with Crippen LogP contribution in [-0.4, -0.2) is 44.9 Å². The lowest BCUT2D eigenvalue weighted by Crippen LogP contribution is -2.46. The van der Waals surface area contributed by atoms with Crippen molar-refractivity contribution in [3.05, 3.63) is 23.8 Å². The summed E-state index contributed by atoms with van der Waals surface area (Å²) in [5, 5.41) is 9.74. The summed E-state index contributed by atoms with van der Waals surface area (Å²) in [6.07, 6.45) is -1.25. The van der Waals surface area contributed by atoms with Crippen LogP contribution < -0.4 is 0 Å². The van der Waals surface area contributed by atoms with E-state index in [-0.39, 0.29) is 16.2 Å². The van der Waals surface area contributed by atoms with E-state index in [0.717, 1.165) is 6.08 Å². The number of methoxy groups -OCH3 is 1. The van der Waals surface area contributed by atoms with E-state index in [1.165, 1.54) is 7.11 Å². The fraction of sp³-hybridized carbons (Fsp3) is 0.600. The zero-order chi connectivity index (χ0) is 17.3. The number of esters is 2. The predicted octanol–water partition coefficient (Wildman–Crippen LogP) is 1.91. The van der Waals surface area contributed by atoms with Crippen molar-refractivity contribution in [2.75, 3.05) is 7.11 Å². The molecule has 0 amide bonds. The molecular weight excluding hydrogens is 304 g/mol. The first-order valence-electron chi connectivity index (χ1n) is 6.96. The SMILES string of the molecule is C=C(C(=O)OC)C(O[Si](C)(C)C(C)(C)C)C1=CC(=O)OC1O. The Morgan fingerprint density at radius 2 is 2.00 bits per heavy atom. The molecule has 22 heavy (non-hydrogen) atoms. The first-order valence-corrected chi connectivity index (χ1v) is 9.86. The number of hydrogen-bond acceptors (Lipinski definition) is 6. The predicted molar refractivity (Wildman–Crippen MR) is 83.4 cm³/mol. The van der Waals surface area contributed by atoms with Gasteiger partial charge in [0.05, 0.1) is 12.7 Å². The van der Waals surface area contributed by atoms with E-state index in [2.05, 4.69) is 16.1 Å². The number of aliphatic hydroxyl groups is 1. The van der Waals surface area contributed by atoms with E-state index in [1.54, 1.807) is 0 Å². The molecule has 0 radical (unpaired) electrons. The third-order valence-corrected chi connectivity index (χ3v) is 8.52. The quantitative estimate of drug-likeness (QED) is 0.471. The maximum absolute atomic E-state index is 11.8. The molecule has 0 fully saturated rings. The molecule has 0 spiro atoms. The Kier molecular flexibility index (Phi) is 5.37. The van der Waals surface area contributed by atoms with E-state index >= 15 is 0 Å². The van der Waals surface area contributed by atoms with E-state index in [1.807, 2.05) is 33.9 Å². The molecule has 2 atom stereocenters. The molecular formula is C15H24O6Si. The number of rotatable bonds is 5. The first kappa shape index (κ1) is 18.6. The molecule has 1 heterocycles. The molecule has 0 aliphatic carbocycles. The topological polar surface area (TPSA) is 82.1 Å². The summed E-state index contributed by atoms with van der Waals surface area (Å²) >= 11 is 0. The molecule has 7 heteroatoms. The fourth-order valence-electron chi connectivity index (χ4n) is 1.67. The van der Waals surface area contributed by atoms with Crippen LogP contribution in [-0.2, 0) is 23.5 Å². The second-order valence-electron chi connectivity index (χ2n) is 6.71. The van der Waals surface area contributed by atoms with Gasteiger partial charge in [0.25, 0.3) is 0 Å². The highest BCUT2D eigenvalue weighted by Gasteiger charge is 2.44. The lowest BCUT2D eigenvalue weighted by Gasteiger charge is -2.39. The summed E-state index contributed by atoms with van der Waals surface area (Å²) < 4.78 is 15.5. The van der Waals surface area contributed by atoms with Gasteiger partial charge in [0, 0.05) is 11.6 Å². The standard InChI is InChI=1S/C15H24O6Si/c1-9(13(17)19-5)12(10-8-11(16)20-14(10)18)21-22(6,7)15(2,3)4/h8,12,14,18H,1H2,2-7H3. The van der Waals surface area contributed by atoms with Crippen LogP contribution in [0.3, 0.4) is 0 Å². The Hall–Kier alpha value is -1.44. The highest BCUT2D eigenvalue weighted by molar-refractivity contribution is 6.74. The van der Waals surface area contributed by atoms with Crippen LogP contribution in [0.15, 0.2) is 23.8 Å². The van der Waals surface area contributed by atoms with Gasteiger partial charge in [-0.1, -0.05) is 27.4 Å². The number of aliphatic hydroxyl groups excluding tert-OH is 1. The molecule has 0 aromatic carbocycles. The average molecular weight is 328 g/mol. The van der Waals surface area contributed by atoms with E-state index in [0.29, 0.717) is 0 Å². The van der Waals surface area contributed by atoms with Gasteiger partial charge < -0.3 is 19.0 Å². The number of carbonyl (C=O) groups excluding carboxylic acids is 2. The molecule has 6 nitrogen and oxygen atoms in total. The van der Waals surface area contributed by atoms with Crippen LogP contribution in [0.5, 0.6) is 0 Å². The third kappa shape index (κ3) is 3.85. The summed E-state index contributed by atoms with van der Waals surface area (Å²) in [6, 6.07) is 0. The zero-order valence-corrected chi connectivity index (χ0v) is 14.9. The molecule has 1 aliphatic heterocycles. The Labute approximate surface area is 131 Å². The lowest BCUT2D eigenvalue weighted by atomic mass is 10.0. The number of carbonyl (C=O) groups is 2. The van der Waals surface area contributed by atoms with Gasteiger partial charge in [-0.3, -0.25) is 0 Å². The second-order valence-corrected chi connectivity index (χ2v) is 11.5. The average Bonchev–Trinajstić information content (AvgIpc) is 2.71. The maximum Gasteiger partial charge on any atom is 0.336 e. The van der Waals surface area contributed by atoms with Crippen molar-refractivity contribution >= 4 is 20.3 Å². The number of ether oxygens (including phenoxy) is 2. The highest BCUT2D eigenvalue weighted by Crippen LogP contribution is 2.39. The van der Waals surface area contributed by atoms with Crippen molar-refractivity contribution in [2.24, 2.45) is 0 Å². The van der Waals surface area contributed by atoms with Crippen LogP contribution in [0.1, 0.15) is 20.8 Å². The molecule has 0 saturated heterocycles. The Morgan fingerprint density at radius 1 is 1.45 bits per heavy atom. The van der Waals surface area contributed by atoms with Crippen LogP contribution in [0.4, 0.5) is 0 Å². The van der Waals surface area contributed by atoms with Gasteiger partial charge in [-0.05, 0) is 18.1 Å². The van der Waals surface area contributed by atoms with Crippen LogP contribution in [0.25, 0.3) is 0 Å². The lowest BCUT2D eigenvalue weighted by molar-refractivity contribution is -0.151. The molecule has 0 saturated carbocycles. The molecule has 2 unspecified atom stereocenters. The molecule has 1 N–H and O–H groups in total. The van der Waals surface area contributed by atoms with E-state index in [4.69, 9.17) is 4.43 Å². The van der Waals surface area contributed by atoms with Gasteiger partial charge in [-0.15, -0.1) is 0 Å². The Bertz CT molecular complexity index is 515. The van der Waals surface area contributed by atoms with Crippen molar-refractivity contribution in [2.45, 2.75) is 51.3 Å². The number of cyclic esters (lactones) is 1.